The Morgan fingerprint density at radius 2 is 1.70 bits per heavy atom. The molecule has 0 fully saturated rings. The Balaban J connectivity index is 0.000000810. The summed E-state index contributed by atoms with van der Waals surface area (Å²) in [5.74, 6) is 0.226. The molecule has 0 heterocycles. The summed E-state index contributed by atoms with van der Waals surface area (Å²) in [5.41, 5.74) is 0.943. The molecule has 0 spiro atoms. The van der Waals surface area contributed by atoms with Crippen molar-refractivity contribution in [2.75, 3.05) is 0 Å². The third kappa shape index (κ3) is 2.86. The Morgan fingerprint density at radius 3 is 2.10 bits per heavy atom. The van der Waals surface area contributed by atoms with Crippen molar-refractivity contribution in [2.45, 2.75) is 5.88 Å². The molecule has 0 saturated carbocycles. The highest BCUT2D eigenvalue weighted by Gasteiger charge is 1.88. The van der Waals surface area contributed by atoms with Crippen LogP contribution in [0.4, 0.5) is 4.39 Å². The maximum absolute atomic E-state index is 12.2. The van der Waals surface area contributed by atoms with Gasteiger partial charge < -0.3 is 0 Å². The van der Waals surface area contributed by atoms with E-state index >= 15 is 0 Å². The Morgan fingerprint density at radius 1 is 1.20 bits per heavy atom. The van der Waals surface area contributed by atoms with Gasteiger partial charge >= 0.3 is 23.1 Å². The van der Waals surface area contributed by atoms with E-state index < -0.39 is 0 Å². The molecule has 0 unspecified atom stereocenters. The zero-order valence-electron chi connectivity index (χ0n) is 4.77. The summed E-state index contributed by atoms with van der Waals surface area (Å²) in [6, 6.07) is 6.14. The van der Waals surface area contributed by atoms with Crippen LogP contribution in [0, 0.1) is 5.82 Å². The van der Waals surface area contributed by atoms with Crippen LogP contribution >= 0.6 is 11.6 Å². The molecule has 0 aliphatic rings. The quantitative estimate of drug-likeness (QED) is 0.445. The second-order valence-corrected chi connectivity index (χ2v) is 2.03. The van der Waals surface area contributed by atoms with Gasteiger partial charge in [-0.2, -0.15) is 0 Å². The first-order valence-corrected chi connectivity index (χ1v) is 3.17. The Bertz CT molecular complexity index is 185. The molecule has 0 nitrogen and oxygen atoms in total. The van der Waals surface area contributed by atoms with E-state index in [4.69, 9.17) is 11.6 Å². The second kappa shape index (κ2) is 4.94. The fourth-order valence-electron chi connectivity index (χ4n) is 0.573. The minimum absolute atomic E-state index is 0. The van der Waals surface area contributed by atoms with Crippen molar-refractivity contribution in [1.29, 1.82) is 0 Å². The molecule has 0 N–H and O–H groups in total. The number of hydrogen-bond donors (Lipinski definition) is 0. The molecule has 0 aliphatic carbocycles. The highest BCUT2D eigenvalue weighted by molar-refractivity contribution is 6.17. The normalized spacial score (nSPS) is 8.60. The zero-order valence-corrected chi connectivity index (χ0v) is 5.53. The summed E-state index contributed by atoms with van der Waals surface area (Å²) < 4.78 is 12.2. The Kier molecular flexibility index (Phi) is 5.04. The van der Waals surface area contributed by atoms with E-state index in [-0.39, 0.29) is 28.9 Å². The predicted molar refractivity (Wildman–Crippen MR) is 44.5 cm³/mol. The van der Waals surface area contributed by atoms with Gasteiger partial charge in [0.25, 0.3) is 0 Å². The smallest absolute Gasteiger partial charge is 0.207 e. The number of halogens is 2. The van der Waals surface area contributed by atoms with Crippen LogP contribution in [0.25, 0.3) is 0 Å². The van der Waals surface area contributed by atoms with Gasteiger partial charge in [0.1, 0.15) is 5.82 Å². The van der Waals surface area contributed by atoms with Gasteiger partial charge in [0, 0.05) is 5.88 Å². The van der Waals surface area contributed by atoms with Crippen molar-refractivity contribution >= 4 is 34.7 Å². The SMILES string of the molecule is Fc1ccc(CCl)cc1.[MgH2]. The zero-order chi connectivity index (χ0) is 6.69. The van der Waals surface area contributed by atoms with Crippen molar-refractivity contribution < 1.29 is 4.39 Å². The molecule has 0 aliphatic heterocycles. The molecule has 10 heavy (non-hydrogen) atoms. The maximum atomic E-state index is 12.2. The van der Waals surface area contributed by atoms with Crippen LogP contribution in [0.3, 0.4) is 0 Å². The molecule has 0 saturated heterocycles. The lowest BCUT2D eigenvalue weighted by molar-refractivity contribution is 0.627. The van der Waals surface area contributed by atoms with Crippen molar-refractivity contribution in [3.63, 3.8) is 0 Å². The fraction of sp³-hybridized carbons (Fsp3) is 0.143. The van der Waals surface area contributed by atoms with E-state index in [2.05, 4.69) is 0 Å². The lowest BCUT2D eigenvalue weighted by Gasteiger charge is -1.91. The fourth-order valence-corrected chi connectivity index (χ4v) is 0.752. The summed E-state index contributed by atoms with van der Waals surface area (Å²) >= 11 is 5.46. The van der Waals surface area contributed by atoms with Crippen LogP contribution in [0.15, 0.2) is 24.3 Å². The van der Waals surface area contributed by atoms with E-state index in [0.717, 1.165) is 5.56 Å². The lowest BCUT2D eigenvalue weighted by Crippen LogP contribution is -1.76. The van der Waals surface area contributed by atoms with Gasteiger partial charge in [-0.05, 0) is 17.7 Å². The molecule has 52 valence electrons. The first-order valence-electron chi connectivity index (χ1n) is 2.63. The van der Waals surface area contributed by atoms with Crippen LogP contribution < -0.4 is 0 Å². The van der Waals surface area contributed by atoms with E-state index in [0.29, 0.717) is 5.88 Å². The van der Waals surface area contributed by atoms with Crippen LogP contribution in [0.1, 0.15) is 5.56 Å². The summed E-state index contributed by atoms with van der Waals surface area (Å²) in [5, 5.41) is 0. The minimum Gasteiger partial charge on any atom is -0.207 e. The molecule has 0 radical (unpaired) electrons. The average molecular weight is 171 g/mol. The van der Waals surface area contributed by atoms with Crippen molar-refractivity contribution in [2.24, 2.45) is 0 Å². The second-order valence-electron chi connectivity index (χ2n) is 1.76. The first-order chi connectivity index (χ1) is 4.33. The van der Waals surface area contributed by atoms with E-state index in [1.807, 2.05) is 0 Å². The van der Waals surface area contributed by atoms with Gasteiger partial charge in [0.05, 0.1) is 0 Å². The number of alkyl halides is 1. The third-order valence-corrected chi connectivity index (χ3v) is 1.38. The maximum Gasteiger partial charge on any atom is 0.316 e. The molecule has 1 rings (SSSR count). The van der Waals surface area contributed by atoms with Gasteiger partial charge in [-0.15, -0.1) is 11.6 Å². The molecule has 0 aromatic heterocycles. The summed E-state index contributed by atoms with van der Waals surface area (Å²) in [6.45, 7) is 0. The molecular formula is C7H8ClFMg. The molecule has 1 aromatic rings. The Hall–Kier alpha value is 0.206. The molecule has 3 heteroatoms. The van der Waals surface area contributed by atoms with Crippen molar-refractivity contribution in [1.82, 2.24) is 0 Å². The standard InChI is InChI=1S/C7H6ClF.Mg.2H/c8-5-6-1-3-7(9)4-2-6;;;/h1-4H,5H2;;;. The number of benzene rings is 1. The van der Waals surface area contributed by atoms with Crippen LogP contribution in [-0.4, -0.2) is 23.1 Å². The largest absolute Gasteiger partial charge is 0.316 e. The summed E-state index contributed by atoms with van der Waals surface area (Å²) in [7, 11) is 0. The average Bonchev–Trinajstić information content (AvgIpc) is 1.90. The van der Waals surface area contributed by atoms with Gasteiger partial charge in [-0.25, -0.2) is 4.39 Å². The molecule has 0 atom stereocenters. The Labute approximate surface area is 80.5 Å². The lowest BCUT2D eigenvalue weighted by atomic mass is 10.2. The van der Waals surface area contributed by atoms with Crippen LogP contribution in [-0.2, 0) is 5.88 Å². The third-order valence-electron chi connectivity index (χ3n) is 1.07. The van der Waals surface area contributed by atoms with Gasteiger partial charge in [-0.1, -0.05) is 12.1 Å². The van der Waals surface area contributed by atoms with E-state index in [1.54, 1.807) is 12.1 Å². The summed E-state index contributed by atoms with van der Waals surface area (Å²) in [6.07, 6.45) is 0. The van der Waals surface area contributed by atoms with Gasteiger partial charge in [0.15, 0.2) is 0 Å². The van der Waals surface area contributed by atoms with Gasteiger partial charge in [-0.3, -0.25) is 0 Å². The molecule has 0 amide bonds. The molecule has 0 bridgehead atoms. The highest BCUT2D eigenvalue weighted by Crippen LogP contribution is 2.04. The predicted octanol–water partition coefficient (Wildman–Crippen LogP) is 1.65. The van der Waals surface area contributed by atoms with E-state index in [9.17, 15) is 4.39 Å². The summed E-state index contributed by atoms with van der Waals surface area (Å²) in [4.78, 5) is 0. The first kappa shape index (κ1) is 10.2. The van der Waals surface area contributed by atoms with Crippen LogP contribution in [0.2, 0.25) is 0 Å². The molecular weight excluding hydrogens is 163 g/mol. The highest BCUT2D eigenvalue weighted by atomic mass is 35.5. The van der Waals surface area contributed by atoms with Crippen molar-refractivity contribution in [3.05, 3.63) is 35.6 Å². The molecule has 1 aromatic carbocycles. The number of hydrogen-bond acceptors (Lipinski definition) is 0. The van der Waals surface area contributed by atoms with Gasteiger partial charge in [0.2, 0.25) is 0 Å². The monoisotopic (exact) mass is 170 g/mol. The minimum atomic E-state index is -0.219. The van der Waals surface area contributed by atoms with E-state index in [1.165, 1.54) is 12.1 Å². The topological polar surface area (TPSA) is 0 Å². The van der Waals surface area contributed by atoms with Crippen molar-refractivity contribution in [3.8, 4) is 0 Å². The van der Waals surface area contributed by atoms with Crippen LogP contribution in [0.5, 0.6) is 0 Å². The number of rotatable bonds is 1.